The highest BCUT2D eigenvalue weighted by atomic mass is 35.5. The van der Waals surface area contributed by atoms with Crippen LogP contribution in [0.5, 0.6) is 0 Å². The summed E-state index contributed by atoms with van der Waals surface area (Å²) in [5, 5.41) is 2.36. The van der Waals surface area contributed by atoms with Crippen molar-refractivity contribution in [2.24, 2.45) is 0 Å². The second kappa shape index (κ2) is 8.50. The van der Waals surface area contributed by atoms with Crippen LogP contribution >= 0.6 is 23.2 Å². The van der Waals surface area contributed by atoms with Crippen LogP contribution in [0.4, 0.5) is 11.4 Å². The molecule has 0 saturated heterocycles. The first-order valence-corrected chi connectivity index (χ1v) is 9.37. The van der Waals surface area contributed by atoms with Crippen molar-refractivity contribution in [3.63, 3.8) is 0 Å². The first-order chi connectivity index (χ1) is 13.4. The average Bonchev–Trinajstić information content (AvgIpc) is 2.69. The normalized spacial score (nSPS) is 10.7. The van der Waals surface area contributed by atoms with Crippen LogP contribution in [-0.4, -0.2) is 25.0 Å². The zero-order valence-corrected chi connectivity index (χ0v) is 16.6. The minimum atomic E-state index is -0.760. The highest BCUT2D eigenvalue weighted by molar-refractivity contribution is 6.37. The molecule has 0 heterocycles. The summed E-state index contributed by atoms with van der Waals surface area (Å²) in [5.74, 6) is -1.11. The molecule has 0 radical (unpaired) electrons. The van der Waals surface area contributed by atoms with Crippen LogP contribution in [0.25, 0.3) is 10.8 Å². The lowest BCUT2D eigenvalue weighted by Crippen LogP contribution is -2.34. The Morgan fingerprint density at radius 1 is 1.07 bits per heavy atom. The van der Waals surface area contributed by atoms with E-state index in [1.54, 1.807) is 4.90 Å². The van der Waals surface area contributed by atoms with Gasteiger partial charge in [0.25, 0.3) is 5.91 Å². The Labute approximate surface area is 172 Å². The molecule has 3 aromatic rings. The summed E-state index contributed by atoms with van der Waals surface area (Å²) in [6.07, 6.45) is 0. The molecule has 0 atom stereocenters. The summed E-state index contributed by atoms with van der Waals surface area (Å²) in [6.45, 7) is 1.85. The van der Waals surface area contributed by atoms with Crippen LogP contribution in [0.15, 0.2) is 54.6 Å². The third kappa shape index (κ3) is 4.06. The van der Waals surface area contributed by atoms with E-state index in [0.29, 0.717) is 6.54 Å². The first-order valence-electron chi connectivity index (χ1n) is 8.62. The van der Waals surface area contributed by atoms with Gasteiger partial charge >= 0.3 is 5.97 Å². The van der Waals surface area contributed by atoms with Gasteiger partial charge < -0.3 is 15.4 Å². The third-order valence-corrected chi connectivity index (χ3v) is 4.85. The fraction of sp³-hybridized carbons (Fsp3) is 0.143. The number of benzene rings is 3. The van der Waals surface area contributed by atoms with Gasteiger partial charge in [0.05, 0.1) is 22.0 Å². The van der Waals surface area contributed by atoms with Crippen molar-refractivity contribution in [2.75, 3.05) is 23.8 Å². The maximum atomic E-state index is 12.7. The van der Waals surface area contributed by atoms with Gasteiger partial charge in [0, 0.05) is 17.0 Å². The van der Waals surface area contributed by atoms with Gasteiger partial charge in [-0.1, -0.05) is 59.6 Å². The molecule has 7 heteroatoms. The summed E-state index contributed by atoms with van der Waals surface area (Å²) < 4.78 is 5.17. The van der Waals surface area contributed by atoms with Crippen LogP contribution in [0, 0.1) is 0 Å². The number of anilines is 2. The van der Waals surface area contributed by atoms with Crippen molar-refractivity contribution < 1.29 is 14.3 Å². The predicted octanol–water partition coefficient (Wildman–Crippen LogP) is 4.94. The maximum Gasteiger partial charge on any atom is 0.340 e. The molecule has 0 unspecified atom stereocenters. The molecule has 1 amide bonds. The summed E-state index contributed by atoms with van der Waals surface area (Å²) in [5.41, 5.74) is 6.65. The molecule has 0 spiro atoms. The topological polar surface area (TPSA) is 72.6 Å². The van der Waals surface area contributed by atoms with Gasteiger partial charge in [0.2, 0.25) is 0 Å². The molecule has 2 N–H and O–H groups in total. The number of hydrogen-bond acceptors (Lipinski definition) is 4. The lowest BCUT2D eigenvalue weighted by Gasteiger charge is -2.22. The molecule has 5 nitrogen and oxygen atoms in total. The number of rotatable bonds is 5. The fourth-order valence-corrected chi connectivity index (χ4v) is 3.45. The molecule has 28 heavy (non-hydrogen) atoms. The van der Waals surface area contributed by atoms with Crippen LogP contribution in [0.1, 0.15) is 17.3 Å². The molecule has 0 aliphatic heterocycles. The van der Waals surface area contributed by atoms with Gasteiger partial charge in [-0.25, -0.2) is 4.79 Å². The molecule has 0 aliphatic carbocycles. The summed E-state index contributed by atoms with van der Waals surface area (Å²) in [6, 6.07) is 16.3. The summed E-state index contributed by atoms with van der Waals surface area (Å²) in [7, 11) is 0. The number of esters is 1. The van der Waals surface area contributed by atoms with E-state index in [2.05, 4.69) is 0 Å². The van der Waals surface area contributed by atoms with E-state index >= 15 is 0 Å². The molecule has 0 aliphatic rings. The summed E-state index contributed by atoms with van der Waals surface area (Å²) in [4.78, 5) is 26.7. The Balaban J connectivity index is 1.79. The fourth-order valence-electron chi connectivity index (χ4n) is 2.96. The Hall–Kier alpha value is -2.76. The van der Waals surface area contributed by atoms with E-state index in [1.807, 2.05) is 49.4 Å². The monoisotopic (exact) mass is 416 g/mol. The number of hydrogen-bond donors (Lipinski definition) is 1. The number of carbonyl (C=O) groups excluding carboxylic acids is 2. The Kier molecular flexibility index (Phi) is 6.07. The maximum absolute atomic E-state index is 12.7. The number of likely N-dealkylation sites (N-methyl/N-ethyl adjacent to an activating group) is 1. The molecule has 0 saturated carbocycles. The quantitative estimate of drug-likeness (QED) is 0.472. The first kappa shape index (κ1) is 20.0. The second-order valence-corrected chi connectivity index (χ2v) is 6.90. The number of nitrogens with zero attached hydrogens (tertiary/aromatic N) is 1. The molecule has 144 valence electrons. The van der Waals surface area contributed by atoms with Gasteiger partial charge in [-0.3, -0.25) is 4.79 Å². The van der Waals surface area contributed by atoms with Crippen molar-refractivity contribution >= 4 is 57.2 Å². The summed E-state index contributed by atoms with van der Waals surface area (Å²) >= 11 is 11.9. The standard InChI is InChI=1S/C21H18Cl2N2O3/c1-2-25(18-9-5-7-13-6-3-4-8-15(13)18)19(26)12-28-21(27)16-10-14(22)11-17(23)20(16)24/h3-11H,2,12,24H2,1H3. The number of ether oxygens (including phenoxy) is 1. The van der Waals surface area contributed by atoms with Crippen LogP contribution < -0.4 is 10.6 Å². The van der Waals surface area contributed by atoms with E-state index in [4.69, 9.17) is 33.7 Å². The van der Waals surface area contributed by atoms with Crippen LogP contribution in [0.2, 0.25) is 10.0 Å². The molecular formula is C21H18Cl2N2O3. The molecule has 0 aromatic heterocycles. The van der Waals surface area contributed by atoms with Gasteiger partial charge in [-0.2, -0.15) is 0 Å². The number of nitrogens with two attached hydrogens (primary N) is 1. The largest absolute Gasteiger partial charge is 0.452 e. The average molecular weight is 417 g/mol. The highest BCUT2D eigenvalue weighted by Gasteiger charge is 2.20. The SMILES string of the molecule is CCN(C(=O)COC(=O)c1cc(Cl)cc(Cl)c1N)c1cccc2ccccc12. The lowest BCUT2D eigenvalue weighted by atomic mass is 10.1. The van der Waals surface area contributed by atoms with E-state index < -0.39 is 12.6 Å². The number of amides is 1. The van der Waals surface area contributed by atoms with Gasteiger partial charge in [-0.15, -0.1) is 0 Å². The van der Waals surface area contributed by atoms with Crippen molar-refractivity contribution in [1.29, 1.82) is 0 Å². The Morgan fingerprint density at radius 2 is 1.79 bits per heavy atom. The van der Waals surface area contributed by atoms with Crippen molar-refractivity contribution in [2.45, 2.75) is 6.92 Å². The third-order valence-electron chi connectivity index (χ3n) is 4.32. The van der Waals surface area contributed by atoms with Gasteiger partial charge in [0.15, 0.2) is 6.61 Å². The second-order valence-electron chi connectivity index (χ2n) is 6.06. The zero-order valence-electron chi connectivity index (χ0n) is 15.1. The van der Waals surface area contributed by atoms with E-state index in [9.17, 15) is 9.59 Å². The molecular weight excluding hydrogens is 399 g/mol. The van der Waals surface area contributed by atoms with Crippen molar-refractivity contribution in [1.82, 2.24) is 0 Å². The Bertz CT molecular complexity index is 1050. The number of halogens is 2. The minimum absolute atomic E-state index is 0.0264. The minimum Gasteiger partial charge on any atom is -0.452 e. The predicted molar refractivity (Wildman–Crippen MR) is 113 cm³/mol. The van der Waals surface area contributed by atoms with E-state index in [-0.39, 0.29) is 27.2 Å². The van der Waals surface area contributed by atoms with Crippen molar-refractivity contribution in [3.05, 3.63) is 70.2 Å². The van der Waals surface area contributed by atoms with Gasteiger partial charge in [0.1, 0.15) is 0 Å². The Morgan fingerprint density at radius 3 is 2.54 bits per heavy atom. The number of carbonyl (C=O) groups is 2. The highest BCUT2D eigenvalue weighted by Crippen LogP contribution is 2.29. The number of nitrogen functional groups attached to an aromatic ring is 1. The van der Waals surface area contributed by atoms with Crippen molar-refractivity contribution in [3.8, 4) is 0 Å². The van der Waals surface area contributed by atoms with E-state index in [0.717, 1.165) is 16.5 Å². The molecule has 0 fully saturated rings. The zero-order chi connectivity index (χ0) is 20.3. The molecule has 3 aromatic carbocycles. The van der Waals surface area contributed by atoms with E-state index in [1.165, 1.54) is 12.1 Å². The lowest BCUT2D eigenvalue weighted by molar-refractivity contribution is -0.121. The molecule has 0 bridgehead atoms. The van der Waals surface area contributed by atoms with Crippen LogP contribution in [0.3, 0.4) is 0 Å². The molecule has 3 rings (SSSR count). The number of fused-ring (bicyclic) bond motifs is 1. The van der Waals surface area contributed by atoms with Crippen LogP contribution in [-0.2, 0) is 9.53 Å². The smallest absolute Gasteiger partial charge is 0.340 e. The van der Waals surface area contributed by atoms with Gasteiger partial charge in [-0.05, 0) is 30.5 Å².